The van der Waals surface area contributed by atoms with Crippen LogP contribution in [0.3, 0.4) is 0 Å². The number of amides is 1. The van der Waals surface area contributed by atoms with E-state index in [1.54, 1.807) is 29.2 Å². The Bertz CT molecular complexity index is 1210. The molecule has 9 heteroatoms. The molecule has 1 aliphatic heterocycles. The molecule has 0 aromatic heterocycles. The molecule has 2 aromatic rings. The van der Waals surface area contributed by atoms with Crippen LogP contribution < -0.4 is 4.74 Å². The van der Waals surface area contributed by atoms with Crippen LogP contribution in [0.5, 0.6) is 5.75 Å². The number of benzene rings is 2. The molecule has 0 bridgehead atoms. The van der Waals surface area contributed by atoms with Crippen LogP contribution >= 0.6 is 0 Å². The Morgan fingerprint density at radius 3 is 2.13 bits per heavy atom. The van der Waals surface area contributed by atoms with Gasteiger partial charge >= 0.3 is 5.97 Å². The summed E-state index contributed by atoms with van der Waals surface area (Å²) in [6, 6.07) is 12.2. The average Bonchev–Trinajstić information content (AvgIpc) is 2.96. The van der Waals surface area contributed by atoms with Crippen LogP contribution in [0.4, 0.5) is 5.69 Å². The van der Waals surface area contributed by atoms with Crippen LogP contribution in [-0.4, -0.2) is 46.7 Å². The number of methoxy groups -OCH3 is 1. The van der Waals surface area contributed by atoms with Crippen molar-refractivity contribution in [2.24, 2.45) is 4.99 Å². The topological polar surface area (TPSA) is 111 Å². The van der Waals surface area contributed by atoms with Gasteiger partial charge in [0.15, 0.2) is 5.84 Å². The van der Waals surface area contributed by atoms with Gasteiger partial charge in [0.25, 0.3) is 17.2 Å². The first-order valence-electron chi connectivity index (χ1n) is 13.5. The zero-order chi connectivity index (χ0) is 26.7. The van der Waals surface area contributed by atoms with Gasteiger partial charge in [-0.2, -0.15) is 0 Å². The lowest BCUT2D eigenvalue weighted by molar-refractivity contribution is -0.384. The fraction of sp³-hybridized carbons (Fsp3) is 0.483. The first-order valence-corrected chi connectivity index (χ1v) is 13.5. The Balaban J connectivity index is 1.59. The number of hydrogen-bond acceptors (Lipinski definition) is 7. The minimum Gasteiger partial charge on any atom is -0.497 e. The van der Waals surface area contributed by atoms with Crippen molar-refractivity contribution in [3.05, 3.63) is 69.8 Å². The Kier molecular flexibility index (Phi) is 7.44. The maximum absolute atomic E-state index is 14.1. The second-order valence-electron chi connectivity index (χ2n) is 10.3. The number of hydrogen-bond donors (Lipinski definition) is 0. The Morgan fingerprint density at radius 1 is 0.947 bits per heavy atom. The maximum Gasteiger partial charge on any atom is 0.340 e. The zero-order valence-corrected chi connectivity index (χ0v) is 21.6. The quantitative estimate of drug-likeness (QED) is 0.205. The van der Waals surface area contributed by atoms with Crippen LogP contribution in [-0.2, 0) is 15.1 Å². The highest BCUT2D eigenvalue weighted by molar-refractivity contribution is 6.28. The molecule has 1 unspecified atom stereocenters. The fourth-order valence-corrected chi connectivity index (χ4v) is 5.84. The van der Waals surface area contributed by atoms with Gasteiger partial charge in [-0.25, -0.2) is 4.79 Å². The lowest BCUT2D eigenvalue weighted by Gasteiger charge is -2.52. The van der Waals surface area contributed by atoms with E-state index in [2.05, 4.69) is 0 Å². The first-order chi connectivity index (χ1) is 18.4. The molecule has 1 atom stereocenters. The Labute approximate surface area is 222 Å². The summed E-state index contributed by atoms with van der Waals surface area (Å²) in [4.78, 5) is 45.3. The molecular weight excluding hydrogens is 486 g/mol. The van der Waals surface area contributed by atoms with Gasteiger partial charge in [-0.15, -0.1) is 0 Å². The van der Waals surface area contributed by atoms with Crippen molar-refractivity contribution in [1.29, 1.82) is 0 Å². The highest BCUT2D eigenvalue weighted by Gasteiger charge is 2.65. The summed E-state index contributed by atoms with van der Waals surface area (Å²) < 4.78 is 11.3. The minimum atomic E-state index is -1.75. The second kappa shape index (κ2) is 10.9. The van der Waals surface area contributed by atoms with E-state index in [1.807, 2.05) is 0 Å². The lowest BCUT2D eigenvalue weighted by Crippen LogP contribution is -2.73. The van der Waals surface area contributed by atoms with E-state index in [0.29, 0.717) is 17.1 Å². The predicted octanol–water partition coefficient (Wildman–Crippen LogP) is 5.56. The number of ether oxygens (including phenoxy) is 2. The number of esters is 1. The van der Waals surface area contributed by atoms with Crippen LogP contribution in [0.25, 0.3) is 0 Å². The Hall–Kier alpha value is -3.75. The molecule has 200 valence electrons. The summed E-state index contributed by atoms with van der Waals surface area (Å²) in [5, 5.41) is 11.3. The third kappa shape index (κ3) is 4.77. The van der Waals surface area contributed by atoms with Gasteiger partial charge in [0.2, 0.25) is 0 Å². The molecular formula is C29H33N3O6. The number of nitrogens with zero attached hydrogens (tertiary/aromatic N) is 3. The predicted molar refractivity (Wildman–Crippen MR) is 141 cm³/mol. The number of carbonyl (C=O) groups is 2. The van der Waals surface area contributed by atoms with E-state index in [-0.39, 0.29) is 29.2 Å². The highest BCUT2D eigenvalue weighted by atomic mass is 16.6. The standard InChI is InChI=1S/C29H33N3O6/c1-37-25-18-12-20(13-19-25)26(33)38-29(21-14-16-24(17-15-21)32(35)36)27(30-22-8-4-2-5-9-22)31(28(29)34)23-10-6-3-7-11-23/h12-19,22-23H,2-11H2,1H3. The molecule has 1 saturated heterocycles. The molecule has 3 fully saturated rings. The molecule has 1 heterocycles. The SMILES string of the molecule is COc1ccc(C(=O)OC2(c3ccc([N+](=O)[O-])cc3)C(=O)N(C3CCCCC3)C2=NC2CCCCC2)cc1. The van der Waals surface area contributed by atoms with Gasteiger partial charge in [0, 0.05) is 23.7 Å². The number of carbonyl (C=O) groups excluding carboxylic acids is 2. The first kappa shape index (κ1) is 25.9. The zero-order valence-electron chi connectivity index (χ0n) is 21.6. The fourth-order valence-electron chi connectivity index (χ4n) is 5.84. The van der Waals surface area contributed by atoms with Crippen molar-refractivity contribution in [3.63, 3.8) is 0 Å². The van der Waals surface area contributed by atoms with Crippen LogP contribution in [0.1, 0.15) is 80.1 Å². The molecule has 9 nitrogen and oxygen atoms in total. The van der Waals surface area contributed by atoms with Crippen LogP contribution in [0, 0.1) is 10.1 Å². The molecule has 0 spiro atoms. The van der Waals surface area contributed by atoms with Crippen molar-refractivity contribution in [3.8, 4) is 5.75 Å². The van der Waals surface area contributed by atoms with Crippen molar-refractivity contribution >= 4 is 23.4 Å². The summed E-state index contributed by atoms with van der Waals surface area (Å²) in [6.07, 6.45) is 10.1. The second-order valence-corrected chi connectivity index (χ2v) is 10.3. The molecule has 5 rings (SSSR count). The molecule has 38 heavy (non-hydrogen) atoms. The van der Waals surface area contributed by atoms with Gasteiger partial charge < -0.3 is 9.47 Å². The average molecular weight is 520 g/mol. The van der Waals surface area contributed by atoms with E-state index in [1.165, 1.54) is 31.4 Å². The summed E-state index contributed by atoms with van der Waals surface area (Å²) in [6.45, 7) is 0. The smallest absolute Gasteiger partial charge is 0.340 e. The number of non-ortho nitro benzene ring substituents is 1. The summed E-state index contributed by atoms with van der Waals surface area (Å²) in [5.41, 5.74) is -1.21. The minimum absolute atomic E-state index is 0.00412. The number of amidine groups is 1. The van der Waals surface area contributed by atoms with Crippen molar-refractivity contribution in [2.45, 2.75) is 81.9 Å². The van der Waals surface area contributed by atoms with Gasteiger partial charge in [-0.3, -0.25) is 24.8 Å². The molecule has 3 aliphatic rings. The number of rotatable bonds is 7. The third-order valence-electron chi connectivity index (χ3n) is 7.94. The lowest BCUT2D eigenvalue weighted by atomic mass is 9.78. The molecule has 2 aromatic carbocycles. The third-order valence-corrected chi connectivity index (χ3v) is 7.94. The number of aliphatic imine (C=N–C) groups is 1. The van der Waals surface area contributed by atoms with Gasteiger partial charge in [0.1, 0.15) is 5.75 Å². The van der Waals surface area contributed by atoms with Crippen LogP contribution in [0.15, 0.2) is 53.5 Å². The molecule has 2 saturated carbocycles. The number of likely N-dealkylation sites (tertiary alicyclic amines) is 1. The van der Waals surface area contributed by atoms with Gasteiger partial charge in [-0.05, 0) is 62.1 Å². The van der Waals surface area contributed by atoms with E-state index in [9.17, 15) is 19.7 Å². The van der Waals surface area contributed by atoms with Crippen molar-refractivity contribution < 1.29 is 24.0 Å². The highest BCUT2D eigenvalue weighted by Crippen LogP contribution is 2.45. The van der Waals surface area contributed by atoms with E-state index in [0.717, 1.165) is 64.2 Å². The van der Waals surface area contributed by atoms with Crippen molar-refractivity contribution in [2.75, 3.05) is 7.11 Å². The molecule has 0 radical (unpaired) electrons. The number of β-lactam (4-membered cyclic amide) rings is 1. The van der Waals surface area contributed by atoms with E-state index >= 15 is 0 Å². The normalized spacial score (nSPS) is 23.7. The monoisotopic (exact) mass is 519 g/mol. The number of nitro benzene ring substituents is 1. The molecule has 2 aliphatic carbocycles. The van der Waals surface area contributed by atoms with Gasteiger partial charge in [0.05, 0.1) is 23.6 Å². The van der Waals surface area contributed by atoms with Crippen molar-refractivity contribution in [1.82, 2.24) is 4.90 Å². The maximum atomic E-state index is 14.1. The summed E-state index contributed by atoms with van der Waals surface area (Å²) in [5.74, 6) is 0.0417. The van der Waals surface area contributed by atoms with Gasteiger partial charge in [-0.1, -0.05) is 38.5 Å². The molecule has 0 N–H and O–H groups in total. The number of nitro groups is 1. The van der Waals surface area contributed by atoms with E-state index < -0.39 is 16.5 Å². The summed E-state index contributed by atoms with van der Waals surface area (Å²) in [7, 11) is 1.54. The molecule has 1 amide bonds. The summed E-state index contributed by atoms with van der Waals surface area (Å²) >= 11 is 0. The van der Waals surface area contributed by atoms with E-state index in [4.69, 9.17) is 14.5 Å². The largest absolute Gasteiger partial charge is 0.497 e. The Morgan fingerprint density at radius 2 is 1.55 bits per heavy atom. The van der Waals surface area contributed by atoms with Crippen LogP contribution in [0.2, 0.25) is 0 Å².